The van der Waals surface area contributed by atoms with Crippen LogP contribution < -0.4 is 4.74 Å². The number of amides is 1. The normalized spacial score (nSPS) is 19.8. The van der Waals surface area contributed by atoms with E-state index in [0.29, 0.717) is 54.5 Å². The summed E-state index contributed by atoms with van der Waals surface area (Å²) >= 11 is 0. The molecule has 2 saturated heterocycles. The van der Waals surface area contributed by atoms with Crippen molar-refractivity contribution in [2.75, 3.05) is 66.8 Å². The molecule has 9 nitrogen and oxygen atoms in total. The van der Waals surface area contributed by atoms with Crippen LogP contribution in [0.3, 0.4) is 0 Å². The van der Waals surface area contributed by atoms with E-state index in [4.69, 9.17) is 14.2 Å². The zero-order chi connectivity index (χ0) is 28.7. The van der Waals surface area contributed by atoms with E-state index in [9.17, 15) is 13.2 Å². The van der Waals surface area contributed by atoms with Gasteiger partial charge in [0.1, 0.15) is 12.4 Å². The second-order valence-electron chi connectivity index (χ2n) is 10.7. The van der Waals surface area contributed by atoms with Crippen molar-refractivity contribution in [2.24, 2.45) is 0 Å². The standard InChI is InChI=1S/C30H43N3O6S/c1-23-18-27(37-4)19-24(2)30(23)40(35,36)33-13-9-8-12-26(33)21-39-22-29(34)31(3)28(25-10-6-5-7-11-25)20-32-14-16-38-17-15-32/h5-7,10-11,18-19,26,28H,8-9,12-17,20-22H2,1-4H3. The van der Waals surface area contributed by atoms with Gasteiger partial charge in [0.05, 0.1) is 37.9 Å². The number of hydrogen-bond donors (Lipinski definition) is 0. The number of carbonyl (C=O) groups is 1. The maximum Gasteiger partial charge on any atom is 0.248 e. The van der Waals surface area contributed by atoms with E-state index in [0.717, 1.165) is 31.5 Å². The van der Waals surface area contributed by atoms with Gasteiger partial charge in [0.25, 0.3) is 0 Å². The van der Waals surface area contributed by atoms with Gasteiger partial charge in [-0.1, -0.05) is 36.8 Å². The zero-order valence-electron chi connectivity index (χ0n) is 24.2. The molecule has 0 bridgehead atoms. The summed E-state index contributed by atoms with van der Waals surface area (Å²) in [6, 6.07) is 13.1. The number of likely N-dealkylation sites (N-methyl/N-ethyl adjacent to an activating group) is 1. The second-order valence-corrected chi connectivity index (χ2v) is 12.5. The molecule has 2 fully saturated rings. The third-order valence-corrected chi connectivity index (χ3v) is 10.2. The van der Waals surface area contributed by atoms with Crippen LogP contribution in [-0.2, 0) is 24.3 Å². The Kier molecular flexibility index (Phi) is 10.6. The van der Waals surface area contributed by atoms with Gasteiger partial charge in [-0.3, -0.25) is 9.69 Å². The average Bonchev–Trinajstić information content (AvgIpc) is 2.96. The molecule has 0 aromatic heterocycles. The average molecular weight is 574 g/mol. The molecule has 0 spiro atoms. The maximum atomic E-state index is 13.8. The predicted molar refractivity (Wildman–Crippen MR) is 154 cm³/mol. The van der Waals surface area contributed by atoms with Gasteiger partial charge in [0.2, 0.25) is 15.9 Å². The molecule has 220 valence electrons. The molecule has 0 N–H and O–H groups in total. The first-order valence-corrected chi connectivity index (χ1v) is 15.5. The topological polar surface area (TPSA) is 88.6 Å². The van der Waals surface area contributed by atoms with Crippen LogP contribution in [-0.4, -0.2) is 101 Å². The SMILES string of the molecule is COc1cc(C)c(S(=O)(=O)N2CCCCC2COCC(=O)N(C)C(CN2CCOCC2)c2ccccc2)c(C)c1. The summed E-state index contributed by atoms with van der Waals surface area (Å²) in [5.74, 6) is 0.506. The molecule has 2 aliphatic heterocycles. The highest BCUT2D eigenvalue weighted by Crippen LogP contribution is 2.32. The lowest BCUT2D eigenvalue weighted by Crippen LogP contribution is -2.47. The van der Waals surface area contributed by atoms with Gasteiger partial charge in [-0.2, -0.15) is 4.31 Å². The Labute approximate surface area is 239 Å². The maximum absolute atomic E-state index is 13.8. The molecule has 2 unspecified atom stereocenters. The fourth-order valence-corrected chi connectivity index (χ4v) is 7.82. The summed E-state index contributed by atoms with van der Waals surface area (Å²) in [6.07, 6.45) is 2.41. The smallest absolute Gasteiger partial charge is 0.248 e. The van der Waals surface area contributed by atoms with Crippen LogP contribution in [0.25, 0.3) is 0 Å². The van der Waals surface area contributed by atoms with Crippen molar-refractivity contribution in [1.82, 2.24) is 14.1 Å². The highest BCUT2D eigenvalue weighted by atomic mass is 32.2. The Morgan fingerprint density at radius 2 is 1.75 bits per heavy atom. The first-order chi connectivity index (χ1) is 19.2. The van der Waals surface area contributed by atoms with Gasteiger partial charge in [-0.05, 0) is 55.5 Å². The summed E-state index contributed by atoms with van der Waals surface area (Å²) in [4.78, 5) is 17.7. The molecule has 2 heterocycles. The third-order valence-electron chi connectivity index (χ3n) is 7.93. The predicted octanol–water partition coefficient (Wildman–Crippen LogP) is 3.40. The van der Waals surface area contributed by atoms with Crippen molar-refractivity contribution >= 4 is 15.9 Å². The van der Waals surface area contributed by atoms with E-state index >= 15 is 0 Å². The molecule has 2 aromatic carbocycles. The molecule has 2 atom stereocenters. The van der Waals surface area contributed by atoms with Gasteiger partial charge in [0.15, 0.2) is 0 Å². The molecule has 0 saturated carbocycles. The number of carbonyl (C=O) groups excluding carboxylic acids is 1. The molecule has 0 radical (unpaired) electrons. The monoisotopic (exact) mass is 573 g/mol. The van der Waals surface area contributed by atoms with Crippen molar-refractivity contribution in [2.45, 2.75) is 50.1 Å². The van der Waals surface area contributed by atoms with E-state index in [1.165, 1.54) is 0 Å². The fourth-order valence-electron chi connectivity index (χ4n) is 5.72. The summed E-state index contributed by atoms with van der Waals surface area (Å²) in [7, 11) is -0.355. The Morgan fingerprint density at radius 1 is 1.07 bits per heavy atom. The molecule has 10 heteroatoms. The van der Waals surface area contributed by atoms with E-state index in [1.54, 1.807) is 42.3 Å². The third kappa shape index (κ3) is 7.22. The number of sulfonamides is 1. The minimum atomic E-state index is -3.74. The molecular formula is C30H43N3O6S. The summed E-state index contributed by atoms with van der Waals surface area (Å²) in [6.45, 7) is 7.87. The van der Waals surface area contributed by atoms with E-state index < -0.39 is 10.0 Å². The number of benzene rings is 2. The largest absolute Gasteiger partial charge is 0.497 e. The number of morpholine rings is 1. The first-order valence-electron chi connectivity index (χ1n) is 14.1. The van der Waals surface area contributed by atoms with Gasteiger partial charge in [-0.15, -0.1) is 0 Å². The van der Waals surface area contributed by atoms with E-state index in [2.05, 4.69) is 4.90 Å². The van der Waals surface area contributed by atoms with Crippen LogP contribution in [0.5, 0.6) is 5.75 Å². The Morgan fingerprint density at radius 3 is 2.40 bits per heavy atom. The number of aryl methyl sites for hydroxylation is 2. The number of ether oxygens (including phenoxy) is 3. The molecule has 2 aromatic rings. The van der Waals surface area contributed by atoms with Crippen LogP contribution in [0.1, 0.15) is 42.0 Å². The number of hydrogen-bond acceptors (Lipinski definition) is 7. The minimum absolute atomic E-state index is 0.103. The number of methoxy groups -OCH3 is 1. The Balaban J connectivity index is 1.42. The van der Waals surface area contributed by atoms with Crippen molar-refractivity contribution < 1.29 is 27.4 Å². The molecule has 1 amide bonds. The molecular weight excluding hydrogens is 530 g/mol. The number of rotatable bonds is 11. The molecule has 2 aliphatic rings. The van der Waals surface area contributed by atoms with Gasteiger partial charge >= 0.3 is 0 Å². The highest BCUT2D eigenvalue weighted by Gasteiger charge is 2.36. The van der Waals surface area contributed by atoms with Crippen LogP contribution in [0.2, 0.25) is 0 Å². The van der Waals surface area contributed by atoms with Gasteiger partial charge in [-0.25, -0.2) is 8.42 Å². The van der Waals surface area contributed by atoms with Crippen molar-refractivity contribution in [3.63, 3.8) is 0 Å². The summed E-state index contributed by atoms with van der Waals surface area (Å²) in [5, 5.41) is 0. The summed E-state index contributed by atoms with van der Waals surface area (Å²) < 4.78 is 46.0. The lowest BCUT2D eigenvalue weighted by molar-refractivity contribution is -0.138. The lowest BCUT2D eigenvalue weighted by atomic mass is 10.0. The molecule has 4 rings (SSSR count). The van der Waals surface area contributed by atoms with Gasteiger partial charge in [0, 0.05) is 39.3 Å². The first kappa shape index (κ1) is 30.5. The number of piperidine rings is 1. The van der Waals surface area contributed by atoms with E-state index in [-0.39, 0.29) is 31.2 Å². The lowest BCUT2D eigenvalue weighted by Gasteiger charge is -2.36. The molecule has 40 heavy (non-hydrogen) atoms. The zero-order valence-corrected chi connectivity index (χ0v) is 25.0. The fraction of sp³-hybridized carbons (Fsp3) is 0.567. The van der Waals surface area contributed by atoms with Gasteiger partial charge < -0.3 is 19.1 Å². The van der Waals surface area contributed by atoms with Crippen LogP contribution in [0, 0.1) is 13.8 Å². The second kappa shape index (κ2) is 13.9. The summed E-state index contributed by atoms with van der Waals surface area (Å²) in [5.41, 5.74) is 2.39. The quantitative estimate of drug-likeness (QED) is 0.407. The van der Waals surface area contributed by atoms with Crippen molar-refractivity contribution in [3.8, 4) is 5.75 Å². The van der Waals surface area contributed by atoms with Crippen molar-refractivity contribution in [1.29, 1.82) is 0 Å². The highest BCUT2D eigenvalue weighted by molar-refractivity contribution is 7.89. The van der Waals surface area contributed by atoms with Crippen molar-refractivity contribution in [3.05, 3.63) is 59.2 Å². The van der Waals surface area contributed by atoms with Crippen LogP contribution in [0.4, 0.5) is 0 Å². The van der Waals surface area contributed by atoms with Crippen LogP contribution >= 0.6 is 0 Å². The van der Waals surface area contributed by atoms with E-state index in [1.807, 2.05) is 37.4 Å². The van der Waals surface area contributed by atoms with Crippen LogP contribution in [0.15, 0.2) is 47.4 Å². The Hall–Kier alpha value is -2.50. The molecule has 0 aliphatic carbocycles. The minimum Gasteiger partial charge on any atom is -0.497 e. The number of nitrogens with zero attached hydrogens (tertiary/aromatic N) is 3. The Bertz CT molecular complexity index is 1210.